The van der Waals surface area contributed by atoms with Crippen LogP contribution < -0.4 is 4.90 Å². The lowest BCUT2D eigenvalue weighted by Gasteiger charge is -2.35. The number of amides is 1. The van der Waals surface area contributed by atoms with Crippen molar-refractivity contribution in [2.45, 2.75) is 6.92 Å². The monoisotopic (exact) mass is 408 g/mol. The molecule has 30 heavy (non-hydrogen) atoms. The molecule has 0 aliphatic carbocycles. The van der Waals surface area contributed by atoms with E-state index in [1.54, 1.807) is 17.9 Å². The molecule has 4 rings (SSSR count). The van der Waals surface area contributed by atoms with E-state index in [1.807, 2.05) is 23.1 Å². The van der Waals surface area contributed by atoms with Crippen LogP contribution in [-0.4, -0.2) is 59.5 Å². The second-order valence-corrected chi connectivity index (χ2v) is 6.89. The van der Waals surface area contributed by atoms with Crippen LogP contribution in [0.25, 0.3) is 11.0 Å². The van der Waals surface area contributed by atoms with Gasteiger partial charge < -0.3 is 14.5 Å². The number of aromatic nitrogens is 2. The quantitative estimate of drug-likeness (QED) is 0.618. The molecule has 154 valence electrons. The molecule has 3 aromatic rings. The summed E-state index contributed by atoms with van der Waals surface area (Å²) in [6.45, 7) is 3.87. The van der Waals surface area contributed by atoms with Crippen molar-refractivity contribution in [1.82, 2.24) is 14.9 Å². The first-order chi connectivity index (χ1) is 14.6. The Morgan fingerprint density at radius 3 is 2.23 bits per heavy atom. The Labute approximate surface area is 173 Å². The lowest BCUT2D eigenvalue weighted by molar-refractivity contribution is 0.0519. The molecule has 7 nitrogen and oxygen atoms in total. The molecular formula is C22H21FN4O3. The van der Waals surface area contributed by atoms with Crippen LogP contribution in [0.2, 0.25) is 0 Å². The normalized spacial score (nSPS) is 14.1. The molecule has 0 N–H and O–H groups in total. The first-order valence-electron chi connectivity index (χ1n) is 9.80. The number of carbonyl (C=O) groups excluding carboxylic acids is 2. The van der Waals surface area contributed by atoms with Crippen LogP contribution in [0.5, 0.6) is 0 Å². The van der Waals surface area contributed by atoms with Crippen molar-refractivity contribution in [3.05, 3.63) is 65.6 Å². The van der Waals surface area contributed by atoms with Crippen LogP contribution in [0.15, 0.2) is 48.5 Å². The summed E-state index contributed by atoms with van der Waals surface area (Å²) in [7, 11) is 0. The summed E-state index contributed by atoms with van der Waals surface area (Å²) in [6.07, 6.45) is 0. The number of piperazine rings is 1. The number of nitrogens with zero attached hydrogens (tertiary/aromatic N) is 4. The van der Waals surface area contributed by atoms with Crippen molar-refractivity contribution >= 4 is 28.7 Å². The van der Waals surface area contributed by atoms with E-state index in [0.29, 0.717) is 48.6 Å². The van der Waals surface area contributed by atoms with Gasteiger partial charge in [0.1, 0.15) is 5.82 Å². The predicted molar refractivity (Wildman–Crippen MR) is 110 cm³/mol. The summed E-state index contributed by atoms with van der Waals surface area (Å²) < 4.78 is 18.3. The third-order valence-corrected chi connectivity index (χ3v) is 4.98. The zero-order valence-electron chi connectivity index (χ0n) is 16.5. The SMILES string of the molecule is CCOC(=O)c1nc2ccccc2nc1N1CCN(C(=O)c2ccc(F)cc2)CC1. The number of halogens is 1. The Balaban J connectivity index is 1.56. The zero-order chi connectivity index (χ0) is 21.1. The molecule has 1 fully saturated rings. The first-order valence-corrected chi connectivity index (χ1v) is 9.80. The Bertz CT molecular complexity index is 1080. The first kappa shape index (κ1) is 19.8. The fourth-order valence-electron chi connectivity index (χ4n) is 3.44. The van der Waals surface area contributed by atoms with Gasteiger partial charge in [0.15, 0.2) is 11.5 Å². The fourth-order valence-corrected chi connectivity index (χ4v) is 3.44. The molecule has 0 bridgehead atoms. The van der Waals surface area contributed by atoms with Gasteiger partial charge in [0.25, 0.3) is 5.91 Å². The van der Waals surface area contributed by atoms with Gasteiger partial charge in [0, 0.05) is 31.7 Å². The third-order valence-electron chi connectivity index (χ3n) is 4.98. The van der Waals surface area contributed by atoms with Gasteiger partial charge in [0.05, 0.1) is 17.6 Å². The second-order valence-electron chi connectivity index (χ2n) is 6.89. The second kappa shape index (κ2) is 8.44. The minimum atomic E-state index is -0.518. The predicted octanol–water partition coefficient (Wildman–Crippen LogP) is 2.91. The molecule has 0 spiro atoms. The van der Waals surface area contributed by atoms with Gasteiger partial charge in [-0.1, -0.05) is 12.1 Å². The molecule has 1 aliphatic rings. The van der Waals surface area contributed by atoms with Crippen LogP contribution in [0, 0.1) is 5.82 Å². The van der Waals surface area contributed by atoms with E-state index in [4.69, 9.17) is 4.74 Å². The maximum atomic E-state index is 13.1. The van der Waals surface area contributed by atoms with E-state index in [0.717, 1.165) is 0 Å². The van der Waals surface area contributed by atoms with Crippen LogP contribution >= 0.6 is 0 Å². The van der Waals surface area contributed by atoms with Crippen LogP contribution in [-0.2, 0) is 4.74 Å². The largest absolute Gasteiger partial charge is 0.461 e. The molecule has 8 heteroatoms. The van der Waals surface area contributed by atoms with Gasteiger partial charge >= 0.3 is 5.97 Å². The van der Waals surface area contributed by atoms with E-state index >= 15 is 0 Å². The molecule has 0 atom stereocenters. The highest BCUT2D eigenvalue weighted by Crippen LogP contribution is 2.23. The average Bonchev–Trinajstić information content (AvgIpc) is 2.78. The highest BCUT2D eigenvalue weighted by Gasteiger charge is 2.27. The van der Waals surface area contributed by atoms with Crippen molar-refractivity contribution in [2.24, 2.45) is 0 Å². The minimum absolute atomic E-state index is 0.148. The maximum Gasteiger partial charge on any atom is 0.360 e. The Morgan fingerprint density at radius 1 is 0.967 bits per heavy atom. The number of para-hydroxylation sites is 2. The maximum absolute atomic E-state index is 13.1. The lowest BCUT2D eigenvalue weighted by atomic mass is 10.1. The van der Waals surface area contributed by atoms with Gasteiger partial charge in [-0.3, -0.25) is 4.79 Å². The van der Waals surface area contributed by atoms with Crippen molar-refractivity contribution < 1.29 is 18.7 Å². The number of hydrogen-bond donors (Lipinski definition) is 0. The Kier molecular flexibility index (Phi) is 5.56. The number of esters is 1. The minimum Gasteiger partial charge on any atom is -0.461 e. The molecule has 1 amide bonds. The van der Waals surface area contributed by atoms with E-state index < -0.39 is 5.97 Å². The van der Waals surface area contributed by atoms with Crippen molar-refractivity contribution in [1.29, 1.82) is 0 Å². The molecule has 0 saturated carbocycles. The Hall–Kier alpha value is -3.55. The fraction of sp³-hybridized carbons (Fsp3) is 0.273. The third kappa shape index (κ3) is 3.94. The number of rotatable bonds is 4. The van der Waals surface area contributed by atoms with Crippen molar-refractivity contribution in [3.8, 4) is 0 Å². The molecule has 1 aliphatic heterocycles. The molecule has 1 saturated heterocycles. The summed E-state index contributed by atoms with van der Waals surface area (Å²) in [5.41, 5.74) is 1.93. The summed E-state index contributed by atoms with van der Waals surface area (Å²) >= 11 is 0. The Morgan fingerprint density at radius 2 is 1.60 bits per heavy atom. The lowest BCUT2D eigenvalue weighted by Crippen LogP contribution is -2.49. The van der Waals surface area contributed by atoms with Crippen molar-refractivity contribution in [3.63, 3.8) is 0 Å². The van der Waals surface area contributed by atoms with E-state index in [1.165, 1.54) is 24.3 Å². The van der Waals surface area contributed by atoms with Gasteiger partial charge in [0.2, 0.25) is 0 Å². The van der Waals surface area contributed by atoms with Gasteiger partial charge in [-0.05, 0) is 43.3 Å². The number of benzene rings is 2. The van der Waals surface area contributed by atoms with E-state index in [9.17, 15) is 14.0 Å². The van der Waals surface area contributed by atoms with E-state index in [-0.39, 0.29) is 24.0 Å². The zero-order valence-corrected chi connectivity index (χ0v) is 16.5. The van der Waals surface area contributed by atoms with Crippen molar-refractivity contribution in [2.75, 3.05) is 37.7 Å². The molecule has 0 radical (unpaired) electrons. The van der Waals surface area contributed by atoms with Crippen LogP contribution in [0.4, 0.5) is 10.2 Å². The summed E-state index contributed by atoms with van der Waals surface area (Å²) in [5.74, 6) is -0.584. The number of carbonyl (C=O) groups is 2. The standard InChI is InChI=1S/C22H21FN4O3/c1-2-30-22(29)19-20(25-18-6-4-3-5-17(18)24-19)26-11-13-27(14-12-26)21(28)15-7-9-16(23)10-8-15/h3-10H,2,11-14H2,1H3. The molecule has 0 unspecified atom stereocenters. The summed E-state index contributed by atoms with van der Waals surface area (Å²) in [4.78, 5) is 38.0. The number of anilines is 1. The molecule has 1 aromatic heterocycles. The highest BCUT2D eigenvalue weighted by molar-refractivity contribution is 5.96. The number of ether oxygens (including phenoxy) is 1. The molecular weight excluding hydrogens is 387 g/mol. The topological polar surface area (TPSA) is 75.6 Å². The van der Waals surface area contributed by atoms with E-state index in [2.05, 4.69) is 9.97 Å². The molecule has 2 aromatic carbocycles. The van der Waals surface area contributed by atoms with Crippen LogP contribution in [0.1, 0.15) is 27.8 Å². The van der Waals surface area contributed by atoms with Gasteiger partial charge in [-0.25, -0.2) is 19.2 Å². The van der Waals surface area contributed by atoms with Gasteiger partial charge in [-0.2, -0.15) is 0 Å². The highest BCUT2D eigenvalue weighted by atomic mass is 19.1. The number of hydrogen-bond acceptors (Lipinski definition) is 6. The average molecular weight is 408 g/mol. The van der Waals surface area contributed by atoms with Crippen LogP contribution in [0.3, 0.4) is 0 Å². The smallest absolute Gasteiger partial charge is 0.360 e. The number of fused-ring (bicyclic) bond motifs is 1. The molecule has 2 heterocycles. The van der Waals surface area contributed by atoms with Gasteiger partial charge in [-0.15, -0.1) is 0 Å². The summed E-state index contributed by atoms with van der Waals surface area (Å²) in [6, 6.07) is 12.9. The summed E-state index contributed by atoms with van der Waals surface area (Å²) in [5, 5.41) is 0.